The molecule has 0 aromatic heterocycles. The van der Waals surface area contributed by atoms with Gasteiger partial charge in [0.1, 0.15) is 0 Å². The number of carbonyl (C=O) groups is 1. The van der Waals surface area contributed by atoms with Gasteiger partial charge in [-0.05, 0) is 12.8 Å². The Balaban J connectivity index is 2.04. The first-order valence-corrected chi connectivity index (χ1v) is 6.22. The first-order valence-electron chi connectivity index (χ1n) is 6.22. The fourth-order valence-corrected chi connectivity index (χ4v) is 1.58. The average molecular weight is 274 g/mol. The fourth-order valence-electron chi connectivity index (χ4n) is 1.58. The molecule has 0 heterocycles. The molecule has 0 aliphatic carbocycles. The molecule has 2 nitrogen and oxygen atoms in total. The van der Waals surface area contributed by atoms with E-state index in [1.54, 1.807) is 24.3 Å². The maximum Gasteiger partial charge on any atom is 0.389 e. The summed E-state index contributed by atoms with van der Waals surface area (Å²) in [6.45, 7) is 0.398. The SMILES string of the molecule is O=C(CCCOCCCC(F)(F)F)c1ccccc1. The Bertz CT molecular complexity index is 374. The largest absolute Gasteiger partial charge is 0.389 e. The smallest absolute Gasteiger partial charge is 0.381 e. The van der Waals surface area contributed by atoms with E-state index in [2.05, 4.69) is 0 Å². The summed E-state index contributed by atoms with van der Waals surface area (Å²) in [6, 6.07) is 8.90. The zero-order chi connectivity index (χ0) is 14.1. The molecule has 0 amide bonds. The maximum absolute atomic E-state index is 11.8. The van der Waals surface area contributed by atoms with Crippen LogP contribution in [-0.4, -0.2) is 25.2 Å². The summed E-state index contributed by atoms with van der Waals surface area (Å²) < 4.78 is 40.5. The van der Waals surface area contributed by atoms with E-state index in [0.29, 0.717) is 25.0 Å². The van der Waals surface area contributed by atoms with Gasteiger partial charge in [-0.15, -0.1) is 0 Å². The van der Waals surface area contributed by atoms with Gasteiger partial charge in [0.15, 0.2) is 5.78 Å². The Morgan fingerprint density at radius 1 is 1.05 bits per heavy atom. The predicted octanol–water partition coefficient (Wildman–Crippen LogP) is 4.01. The molecule has 0 bridgehead atoms. The number of alkyl halides is 3. The highest BCUT2D eigenvalue weighted by Gasteiger charge is 2.25. The molecule has 1 rings (SSSR count). The number of Topliss-reactive ketones (excluding diaryl/α,β-unsaturated/α-hetero) is 1. The minimum Gasteiger partial charge on any atom is -0.381 e. The lowest BCUT2D eigenvalue weighted by atomic mass is 10.1. The molecule has 1 aromatic rings. The van der Waals surface area contributed by atoms with E-state index in [1.807, 2.05) is 6.07 Å². The number of hydrogen-bond acceptors (Lipinski definition) is 2. The number of rotatable bonds is 8. The van der Waals surface area contributed by atoms with E-state index in [1.165, 1.54) is 0 Å². The monoisotopic (exact) mass is 274 g/mol. The number of hydrogen-bond donors (Lipinski definition) is 0. The minimum atomic E-state index is -4.12. The molecule has 5 heteroatoms. The Morgan fingerprint density at radius 2 is 1.68 bits per heavy atom. The Labute approximate surface area is 110 Å². The highest BCUT2D eigenvalue weighted by atomic mass is 19.4. The minimum absolute atomic E-state index is 0.0273. The van der Waals surface area contributed by atoms with Crippen LogP contribution >= 0.6 is 0 Å². The number of ether oxygens (including phenoxy) is 1. The molecule has 0 atom stereocenters. The van der Waals surface area contributed by atoms with Gasteiger partial charge in [-0.25, -0.2) is 0 Å². The predicted molar refractivity (Wildman–Crippen MR) is 66.1 cm³/mol. The van der Waals surface area contributed by atoms with Gasteiger partial charge in [0.2, 0.25) is 0 Å². The van der Waals surface area contributed by atoms with Crippen molar-refractivity contribution in [2.45, 2.75) is 31.9 Å². The van der Waals surface area contributed by atoms with Gasteiger partial charge in [0, 0.05) is 31.6 Å². The Hall–Kier alpha value is -1.36. The summed E-state index contributed by atoms with van der Waals surface area (Å²) in [5.41, 5.74) is 0.652. The zero-order valence-electron chi connectivity index (χ0n) is 10.6. The van der Waals surface area contributed by atoms with Gasteiger partial charge >= 0.3 is 6.18 Å². The molecule has 106 valence electrons. The third-order valence-electron chi connectivity index (χ3n) is 2.54. The zero-order valence-corrected chi connectivity index (χ0v) is 10.6. The molecule has 0 saturated carbocycles. The second kappa shape index (κ2) is 7.94. The van der Waals surface area contributed by atoms with Crippen molar-refractivity contribution in [1.82, 2.24) is 0 Å². The van der Waals surface area contributed by atoms with Crippen molar-refractivity contribution in [3.05, 3.63) is 35.9 Å². The standard InChI is InChI=1S/C14H17F3O2/c15-14(16,17)9-5-11-19-10-4-8-13(18)12-6-2-1-3-7-12/h1-3,6-7H,4-5,8-11H2. The molecule has 0 aliphatic heterocycles. The van der Waals surface area contributed by atoms with Crippen molar-refractivity contribution in [1.29, 1.82) is 0 Å². The van der Waals surface area contributed by atoms with E-state index in [0.717, 1.165) is 0 Å². The number of ketones is 1. The number of halogens is 3. The van der Waals surface area contributed by atoms with Crippen molar-refractivity contribution in [2.75, 3.05) is 13.2 Å². The van der Waals surface area contributed by atoms with Crippen molar-refractivity contribution < 1.29 is 22.7 Å². The molecule has 0 unspecified atom stereocenters. The number of carbonyl (C=O) groups excluding carboxylic acids is 1. The van der Waals surface area contributed by atoms with Crippen LogP contribution < -0.4 is 0 Å². The Morgan fingerprint density at radius 3 is 2.32 bits per heavy atom. The number of benzene rings is 1. The van der Waals surface area contributed by atoms with E-state index in [9.17, 15) is 18.0 Å². The average Bonchev–Trinajstić information content (AvgIpc) is 2.37. The van der Waals surface area contributed by atoms with Crippen LogP contribution in [0.4, 0.5) is 13.2 Å². The van der Waals surface area contributed by atoms with Gasteiger partial charge < -0.3 is 4.74 Å². The third kappa shape index (κ3) is 7.62. The lowest BCUT2D eigenvalue weighted by molar-refractivity contribution is -0.137. The molecule has 1 aromatic carbocycles. The molecular formula is C14H17F3O2. The molecule has 0 fully saturated rings. The summed E-state index contributed by atoms with van der Waals surface area (Å²) in [7, 11) is 0. The first kappa shape index (κ1) is 15.7. The molecular weight excluding hydrogens is 257 g/mol. The lowest BCUT2D eigenvalue weighted by Gasteiger charge is -2.06. The van der Waals surface area contributed by atoms with Crippen LogP contribution in [0.5, 0.6) is 0 Å². The van der Waals surface area contributed by atoms with Gasteiger partial charge in [-0.2, -0.15) is 13.2 Å². The van der Waals surface area contributed by atoms with Gasteiger partial charge in [0.05, 0.1) is 0 Å². The highest BCUT2D eigenvalue weighted by molar-refractivity contribution is 5.95. The van der Waals surface area contributed by atoms with E-state index < -0.39 is 12.6 Å². The second-order valence-electron chi connectivity index (χ2n) is 4.22. The summed E-state index contributed by atoms with van der Waals surface area (Å²) in [4.78, 5) is 11.7. The van der Waals surface area contributed by atoms with Crippen LogP contribution in [0.25, 0.3) is 0 Å². The van der Waals surface area contributed by atoms with Crippen LogP contribution in [0.2, 0.25) is 0 Å². The summed E-state index contributed by atoms with van der Waals surface area (Å²) in [5.74, 6) is 0.0273. The molecule has 0 saturated heterocycles. The van der Waals surface area contributed by atoms with E-state index in [4.69, 9.17) is 4.74 Å². The Kier molecular flexibility index (Phi) is 6.56. The van der Waals surface area contributed by atoms with Gasteiger partial charge in [0.25, 0.3) is 0 Å². The van der Waals surface area contributed by atoms with Crippen LogP contribution in [-0.2, 0) is 4.74 Å². The molecule has 0 spiro atoms. The second-order valence-corrected chi connectivity index (χ2v) is 4.22. The molecule has 0 radical (unpaired) electrons. The van der Waals surface area contributed by atoms with E-state index >= 15 is 0 Å². The van der Waals surface area contributed by atoms with Crippen LogP contribution in [0, 0.1) is 0 Å². The molecule has 0 N–H and O–H groups in total. The van der Waals surface area contributed by atoms with Gasteiger partial charge in [-0.1, -0.05) is 30.3 Å². The van der Waals surface area contributed by atoms with E-state index in [-0.39, 0.29) is 18.8 Å². The normalized spacial score (nSPS) is 11.5. The van der Waals surface area contributed by atoms with Crippen molar-refractivity contribution in [2.24, 2.45) is 0 Å². The highest BCUT2D eigenvalue weighted by Crippen LogP contribution is 2.21. The molecule has 19 heavy (non-hydrogen) atoms. The van der Waals surface area contributed by atoms with Crippen LogP contribution in [0.3, 0.4) is 0 Å². The van der Waals surface area contributed by atoms with Crippen LogP contribution in [0.1, 0.15) is 36.0 Å². The van der Waals surface area contributed by atoms with Crippen molar-refractivity contribution in [3.63, 3.8) is 0 Å². The topological polar surface area (TPSA) is 26.3 Å². The molecule has 0 aliphatic rings. The first-order chi connectivity index (χ1) is 8.99. The quantitative estimate of drug-likeness (QED) is 0.529. The van der Waals surface area contributed by atoms with Crippen molar-refractivity contribution >= 4 is 5.78 Å². The fraction of sp³-hybridized carbons (Fsp3) is 0.500. The van der Waals surface area contributed by atoms with Gasteiger partial charge in [-0.3, -0.25) is 4.79 Å². The van der Waals surface area contributed by atoms with Crippen molar-refractivity contribution in [3.8, 4) is 0 Å². The summed E-state index contributed by atoms with van der Waals surface area (Å²) in [5, 5.41) is 0. The maximum atomic E-state index is 11.8. The van der Waals surface area contributed by atoms with Crippen LogP contribution in [0.15, 0.2) is 30.3 Å². The third-order valence-corrected chi connectivity index (χ3v) is 2.54. The summed E-state index contributed by atoms with van der Waals surface area (Å²) in [6.07, 6.45) is -4.10. The lowest BCUT2D eigenvalue weighted by Crippen LogP contribution is -2.09. The summed E-state index contributed by atoms with van der Waals surface area (Å²) >= 11 is 0.